The summed E-state index contributed by atoms with van der Waals surface area (Å²) in [6.07, 6.45) is 2.42. The lowest BCUT2D eigenvalue weighted by atomic mass is 9.85. The first-order valence-corrected chi connectivity index (χ1v) is 15.4. The molecular formula is C25H52NO12P. The zero-order valence-corrected chi connectivity index (χ0v) is 24.1. The predicted molar refractivity (Wildman–Crippen MR) is 143 cm³/mol. The second kappa shape index (κ2) is 21.1. The Bertz CT molecular complexity index is 671. The number of ether oxygens (including phenoxy) is 1. The highest BCUT2D eigenvalue weighted by molar-refractivity contribution is 7.47. The molecule has 10 N–H and O–H groups in total. The molecule has 6 unspecified atom stereocenters. The van der Waals surface area contributed by atoms with Crippen molar-refractivity contribution in [3.63, 3.8) is 0 Å². The molecule has 14 heteroatoms. The maximum atomic E-state index is 12.1. The van der Waals surface area contributed by atoms with Crippen LogP contribution in [-0.4, -0.2) is 97.4 Å². The van der Waals surface area contributed by atoms with E-state index in [0.29, 0.717) is 6.42 Å². The van der Waals surface area contributed by atoms with Crippen LogP contribution in [0, 0.1) is 0 Å². The molecule has 1 rings (SSSR count). The number of hydrogen-bond donors (Lipinski definition) is 8. The Hall–Kier alpha value is -0.700. The summed E-state index contributed by atoms with van der Waals surface area (Å²) in [4.78, 5) is 21.6. The molecular weight excluding hydrogens is 537 g/mol. The molecule has 39 heavy (non-hydrogen) atoms. The second-order valence-electron chi connectivity index (χ2n) is 10.1. The van der Waals surface area contributed by atoms with Gasteiger partial charge in [-0.1, -0.05) is 84.0 Å². The number of carbonyl (C=O) groups is 1. The van der Waals surface area contributed by atoms with Crippen molar-refractivity contribution in [3.8, 4) is 0 Å². The third-order valence-electron chi connectivity index (χ3n) is 6.68. The van der Waals surface area contributed by atoms with Gasteiger partial charge in [0, 0.05) is 6.42 Å². The Labute approximate surface area is 231 Å². The van der Waals surface area contributed by atoms with Gasteiger partial charge in [0.25, 0.3) is 0 Å². The highest BCUT2D eigenvalue weighted by atomic mass is 31.2. The zero-order valence-electron chi connectivity index (χ0n) is 23.2. The number of carbonyl (C=O) groups excluding carboxylic acids is 1. The van der Waals surface area contributed by atoms with Crippen LogP contribution in [0.25, 0.3) is 0 Å². The first kappa shape index (κ1) is 38.3. The van der Waals surface area contributed by atoms with E-state index >= 15 is 0 Å². The third kappa shape index (κ3) is 15.8. The molecule has 6 atom stereocenters. The standard InChI is InChI=1S/C25H49O12P.H3N/c1-2-3-4-5-6-7-8-9-10-11-12-13-14-15-19(27)35-16-18(26)17-36-38(33,34)37-25-23(31)21(29)20(28)22(30)24(25)32;/h18,20-26,28-32H,2-17H2,1H3,(H,33,34);1H3. The van der Waals surface area contributed by atoms with E-state index in [1.165, 1.54) is 57.8 Å². The highest BCUT2D eigenvalue weighted by Gasteiger charge is 2.51. The minimum Gasteiger partial charge on any atom is -0.463 e. The van der Waals surface area contributed by atoms with Gasteiger partial charge in [-0.2, -0.15) is 0 Å². The van der Waals surface area contributed by atoms with E-state index in [2.05, 4.69) is 16.0 Å². The van der Waals surface area contributed by atoms with E-state index < -0.39 is 69.7 Å². The molecule has 0 radical (unpaired) electrons. The Morgan fingerprint density at radius 2 is 1.13 bits per heavy atom. The van der Waals surface area contributed by atoms with Gasteiger partial charge in [-0.3, -0.25) is 13.8 Å². The average Bonchev–Trinajstić information content (AvgIpc) is 2.89. The van der Waals surface area contributed by atoms with Gasteiger partial charge < -0.3 is 46.4 Å². The molecule has 1 fully saturated rings. The summed E-state index contributed by atoms with van der Waals surface area (Å²) in [5, 5.41) is 58.5. The lowest BCUT2D eigenvalue weighted by Gasteiger charge is -2.41. The van der Waals surface area contributed by atoms with E-state index in [9.17, 15) is 44.9 Å². The number of esters is 1. The molecule has 1 aliphatic carbocycles. The summed E-state index contributed by atoms with van der Waals surface area (Å²) in [5.41, 5.74) is 0. The fourth-order valence-electron chi connectivity index (χ4n) is 4.28. The molecule has 0 aromatic rings. The molecule has 0 heterocycles. The van der Waals surface area contributed by atoms with E-state index in [0.717, 1.165) is 19.3 Å². The smallest absolute Gasteiger partial charge is 0.463 e. The maximum absolute atomic E-state index is 12.1. The normalized spacial score (nSPS) is 27.4. The lowest BCUT2D eigenvalue weighted by molar-refractivity contribution is -0.220. The van der Waals surface area contributed by atoms with Crippen molar-refractivity contribution < 1.29 is 58.7 Å². The molecule has 0 saturated heterocycles. The van der Waals surface area contributed by atoms with Crippen LogP contribution >= 0.6 is 7.82 Å². The van der Waals surface area contributed by atoms with Gasteiger partial charge in [0.15, 0.2) is 0 Å². The number of unbranched alkanes of at least 4 members (excludes halogenated alkanes) is 12. The predicted octanol–water partition coefficient (Wildman–Crippen LogP) is 1.85. The number of rotatable bonds is 21. The van der Waals surface area contributed by atoms with Crippen molar-refractivity contribution >= 4 is 13.8 Å². The summed E-state index contributed by atoms with van der Waals surface area (Å²) in [6, 6.07) is 0. The first-order chi connectivity index (χ1) is 18.0. The van der Waals surface area contributed by atoms with Gasteiger partial charge in [-0.05, 0) is 6.42 Å². The van der Waals surface area contributed by atoms with E-state index in [1.54, 1.807) is 0 Å². The van der Waals surface area contributed by atoms with Crippen LogP contribution in [0.15, 0.2) is 0 Å². The van der Waals surface area contributed by atoms with Crippen LogP contribution in [0.5, 0.6) is 0 Å². The van der Waals surface area contributed by atoms with Gasteiger partial charge in [-0.15, -0.1) is 0 Å². The molecule has 0 bridgehead atoms. The summed E-state index contributed by atoms with van der Waals surface area (Å²) < 4.78 is 26.3. The molecule has 1 saturated carbocycles. The van der Waals surface area contributed by atoms with Crippen molar-refractivity contribution in [2.45, 2.75) is 140 Å². The third-order valence-corrected chi connectivity index (χ3v) is 7.66. The second-order valence-corrected chi connectivity index (χ2v) is 11.5. The Morgan fingerprint density at radius 1 is 0.718 bits per heavy atom. The Kier molecular flexibility index (Phi) is 20.7. The molecule has 0 aliphatic heterocycles. The minimum absolute atomic E-state index is 0. The van der Waals surface area contributed by atoms with Gasteiger partial charge in [0.2, 0.25) is 0 Å². The summed E-state index contributed by atoms with van der Waals surface area (Å²) in [6.45, 7) is 0.973. The quantitative estimate of drug-likeness (QED) is 0.0542. The van der Waals surface area contributed by atoms with Crippen molar-refractivity contribution in [2.75, 3.05) is 13.2 Å². The lowest BCUT2D eigenvalue weighted by Crippen LogP contribution is -2.64. The largest absolute Gasteiger partial charge is 0.472 e. The molecule has 0 amide bonds. The van der Waals surface area contributed by atoms with Crippen molar-refractivity contribution in [2.24, 2.45) is 0 Å². The van der Waals surface area contributed by atoms with Gasteiger partial charge in [-0.25, -0.2) is 4.57 Å². The van der Waals surface area contributed by atoms with Crippen LogP contribution < -0.4 is 6.15 Å². The van der Waals surface area contributed by atoms with Gasteiger partial charge in [0.05, 0.1) is 6.61 Å². The zero-order chi connectivity index (χ0) is 28.6. The van der Waals surface area contributed by atoms with Crippen LogP contribution in [0.1, 0.15) is 96.8 Å². The van der Waals surface area contributed by atoms with Gasteiger partial charge >= 0.3 is 13.8 Å². The topological polar surface area (TPSA) is 238 Å². The molecule has 0 aromatic heterocycles. The fraction of sp³-hybridized carbons (Fsp3) is 0.960. The van der Waals surface area contributed by atoms with Crippen molar-refractivity contribution in [1.29, 1.82) is 0 Å². The summed E-state index contributed by atoms with van der Waals surface area (Å²) in [7, 11) is -4.98. The molecule has 234 valence electrons. The Balaban J connectivity index is 0.0000144. The fourth-order valence-corrected chi connectivity index (χ4v) is 5.26. The first-order valence-electron chi connectivity index (χ1n) is 13.9. The van der Waals surface area contributed by atoms with Gasteiger partial charge in [0.1, 0.15) is 49.3 Å². The molecule has 0 aromatic carbocycles. The van der Waals surface area contributed by atoms with Crippen LogP contribution in [0.4, 0.5) is 0 Å². The monoisotopic (exact) mass is 589 g/mol. The number of hydrogen-bond acceptors (Lipinski definition) is 12. The number of phosphoric acid groups is 1. The minimum atomic E-state index is -4.98. The number of phosphoric ester groups is 1. The maximum Gasteiger partial charge on any atom is 0.472 e. The highest BCUT2D eigenvalue weighted by Crippen LogP contribution is 2.47. The number of aliphatic hydroxyl groups excluding tert-OH is 6. The van der Waals surface area contributed by atoms with E-state index in [4.69, 9.17) is 4.74 Å². The van der Waals surface area contributed by atoms with Crippen LogP contribution in [0.2, 0.25) is 0 Å². The SMILES string of the molecule is CCCCCCCCCCCCCCCC(=O)OCC(O)COP(=O)(O)OC1C(O)C(O)C(O)C(O)C1O.N. The summed E-state index contributed by atoms with van der Waals surface area (Å²) in [5.74, 6) is -0.509. The van der Waals surface area contributed by atoms with Crippen molar-refractivity contribution in [1.82, 2.24) is 6.15 Å². The number of aliphatic hydroxyl groups is 6. The van der Waals surface area contributed by atoms with E-state index in [1.807, 2.05) is 0 Å². The van der Waals surface area contributed by atoms with Crippen molar-refractivity contribution in [3.05, 3.63) is 0 Å². The summed E-state index contributed by atoms with van der Waals surface area (Å²) >= 11 is 0. The molecule has 1 aliphatic rings. The molecule has 13 nitrogen and oxygen atoms in total. The molecule has 0 spiro atoms. The Morgan fingerprint density at radius 3 is 1.59 bits per heavy atom. The van der Waals surface area contributed by atoms with E-state index in [-0.39, 0.29) is 12.6 Å². The average molecular weight is 590 g/mol. The van der Waals surface area contributed by atoms with Crippen LogP contribution in [0.3, 0.4) is 0 Å². The van der Waals surface area contributed by atoms with Crippen LogP contribution in [-0.2, 0) is 23.1 Å².